The molecule has 0 aromatic heterocycles. The van der Waals surface area contributed by atoms with Crippen LogP contribution >= 0.6 is 0 Å². The number of hydrogen-bond donors (Lipinski definition) is 2. The van der Waals surface area contributed by atoms with Gasteiger partial charge in [0.15, 0.2) is 0 Å². The molecule has 0 aromatic carbocycles. The van der Waals surface area contributed by atoms with E-state index in [4.69, 9.17) is 10.8 Å². The minimum absolute atomic E-state index is 0.275. The van der Waals surface area contributed by atoms with Crippen molar-refractivity contribution in [1.29, 1.82) is 0 Å². The van der Waals surface area contributed by atoms with Gasteiger partial charge in [0.25, 0.3) is 5.82 Å². The molecule has 4 nitrogen and oxygen atoms in total. The number of nitrogens with two attached hydrogens (primary N) is 1. The molecule has 0 saturated heterocycles. The molecule has 1 radical (unpaired) electrons. The molecule has 1 rings (SSSR count). The third kappa shape index (κ3) is 0.841. The van der Waals surface area contributed by atoms with Gasteiger partial charge >= 0.3 is 6.02 Å². The number of amidine groups is 1. The first-order valence-corrected chi connectivity index (χ1v) is 2.06. The fourth-order valence-corrected chi connectivity index (χ4v) is 0.362. The average molecular weight is 111 g/mol. The van der Waals surface area contributed by atoms with Crippen molar-refractivity contribution in [2.24, 2.45) is 10.7 Å². The normalized spacial score (nSPS) is 17.5. The van der Waals surface area contributed by atoms with Gasteiger partial charge in [0, 0.05) is 6.08 Å². The zero-order chi connectivity index (χ0) is 5.98. The number of rotatable bonds is 0. The van der Waals surface area contributed by atoms with Gasteiger partial charge in [-0.25, -0.2) is 0 Å². The second-order valence-electron chi connectivity index (χ2n) is 1.28. The Labute approximate surface area is 46.1 Å². The van der Waals surface area contributed by atoms with Gasteiger partial charge in [-0.3, -0.25) is 0 Å². The van der Waals surface area contributed by atoms with Gasteiger partial charge in [-0.05, 0) is 4.99 Å². The van der Waals surface area contributed by atoms with Crippen LogP contribution in [0.15, 0.2) is 16.9 Å². The molecule has 0 bridgehead atoms. The van der Waals surface area contributed by atoms with Crippen LogP contribution in [-0.2, 0) is 0 Å². The Hall–Kier alpha value is -1.32. The summed E-state index contributed by atoms with van der Waals surface area (Å²) in [5, 5.41) is 8.51. The molecule has 1 aliphatic heterocycles. The topological polar surface area (TPSA) is 72.7 Å². The monoisotopic (exact) mass is 111 g/mol. The Balaban J connectivity index is 2.89. The highest BCUT2D eigenvalue weighted by molar-refractivity contribution is 5.88. The van der Waals surface area contributed by atoms with Crippen LogP contribution in [0.5, 0.6) is 0 Å². The Bertz CT molecular complexity index is 177. The summed E-state index contributed by atoms with van der Waals surface area (Å²) in [7, 11) is 0. The molecule has 0 spiro atoms. The number of hydrogen-bond acceptors (Lipinski definition) is 3. The van der Waals surface area contributed by atoms with Crippen LogP contribution in [0.3, 0.4) is 0 Å². The highest BCUT2D eigenvalue weighted by Gasteiger charge is 2.05. The number of allylic oxidation sites excluding steroid dienone is 1. The van der Waals surface area contributed by atoms with Crippen molar-refractivity contribution in [2.75, 3.05) is 0 Å². The van der Waals surface area contributed by atoms with Crippen LogP contribution < -0.4 is 10.7 Å². The summed E-state index contributed by atoms with van der Waals surface area (Å²) in [5.41, 5.74) is 5.15. The fraction of sp³-hybridized carbons (Fsp3) is 0. The van der Waals surface area contributed by atoms with E-state index in [1.165, 1.54) is 12.3 Å². The van der Waals surface area contributed by atoms with Crippen molar-refractivity contribution in [1.82, 2.24) is 4.99 Å². The summed E-state index contributed by atoms with van der Waals surface area (Å²) in [6, 6.07) is -0.287. The van der Waals surface area contributed by atoms with Crippen LogP contribution in [0.2, 0.25) is 0 Å². The lowest BCUT2D eigenvalue weighted by molar-refractivity contribution is 0.535. The molecule has 0 fully saturated rings. The van der Waals surface area contributed by atoms with E-state index in [-0.39, 0.29) is 11.8 Å². The molecular formula is C4H5N3O+. The highest BCUT2D eigenvalue weighted by Crippen LogP contribution is 1.80. The first-order valence-electron chi connectivity index (χ1n) is 2.06. The number of aliphatic imine (C=N–C) groups is 2. The lowest BCUT2D eigenvalue weighted by Crippen LogP contribution is -2.14. The van der Waals surface area contributed by atoms with E-state index in [2.05, 4.69) is 9.98 Å². The third-order valence-electron chi connectivity index (χ3n) is 0.664. The molecule has 0 amide bonds. The van der Waals surface area contributed by atoms with E-state index in [0.717, 1.165) is 0 Å². The summed E-state index contributed by atoms with van der Waals surface area (Å²) in [6.07, 6.45) is 2.89. The number of aliphatic hydroxyl groups excluding tert-OH is 1. The van der Waals surface area contributed by atoms with Crippen LogP contribution in [-0.4, -0.2) is 17.3 Å². The molecule has 1 heterocycles. The maximum Gasteiger partial charge on any atom is 0.466 e. The molecule has 4 heteroatoms. The molecular weight excluding hydrogens is 106 g/mol. The second kappa shape index (κ2) is 1.65. The van der Waals surface area contributed by atoms with Crippen molar-refractivity contribution >= 4 is 12.2 Å². The molecule has 0 aromatic rings. The average Bonchev–Trinajstić information content (AvgIpc) is 1.64. The molecule has 8 heavy (non-hydrogen) atoms. The Morgan fingerprint density at radius 1 is 1.75 bits per heavy atom. The van der Waals surface area contributed by atoms with Gasteiger partial charge < -0.3 is 10.8 Å². The summed E-state index contributed by atoms with van der Waals surface area (Å²) in [5.74, 6) is 0.275. The van der Waals surface area contributed by atoms with Gasteiger partial charge in [0.1, 0.15) is 6.21 Å². The SMILES string of the molecule is NC1=CC=NC(O)=[N+]1. The van der Waals surface area contributed by atoms with Gasteiger partial charge in [0.2, 0.25) is 0 Å². The quantitative estimate of drug-likeness (QED) is 0.426. The molecule has 1 aliphatic rings. The Morgan fingerprint density at radius 3 is 2.88 bits per heavy atom. The largest absolute Gasteiger partial charge is 0.466 e. The summed E-state index contributed by atoms with van der Waals surface area (Å²) in [6.45, 7) is 0. The van der Waals surface area contributed by atoms with Gasteiger partial charge in [-0.15, -0.1) is 0 Å². The van der Waals surface area contributed by atoms with Gasteiger partial charge in [-0.1, -0.05) is 4.99 Å². The molecule has 0 aliphatic carbocycles. The van der Waals surface area contributed by atoms with Crippen LogP contribution in [0.4, 0.5) is 0 Å². The van der Waals surface area contributed by atoms with E-state index in [1.54, 1.807) is 0 Å². The first kappa shape index (κ1) is 4.83. The van der Waals surface area contributed by atoms with Crippen LogP contribution in [0.1, 0.15) is 0 Å². The van der Waals surface area contributed by atoms with Crippen molar-refractivity contribution < 1.29 is 5.11 Å². The molecule has 0 unspecified atom stereocenters. The van der Waals surface area contributed by atoms with Gasteiger partial charge in [-0.2, -0.15) is 0 Å². The van der Waals surface area contributed by atoms with Crippen molar-refractivity contribution in [3.05, 3.63) is 11.9 Å². The minimum atomic E-state index is -0.287. The third-order valence-corrected chi connectivity index (χ3v) is 0.664. The van der Waals surface area contributed by atoms with Crippen molar-refractivity contribution in [2.45, 2.75) is 0 Å². The zero-order valence-corrected chi connectivity index (χ0v) is 4.07. The molecule has 3 N–H and O–H groups in total. The maximum absolute atomic E-state index is 8.51. The lowest BCUT2D eigenvalue weighted by atomic mass is 10.6. The number of aliphatic hydroxyl groups is 1. The van der Waals surface area contributed by atoms with E-state index >= 15 is 0 Å². The van der Waals surface area contributed by atoms with Crippen LogP contribution in [0.25, 0.3) is 0 Å². The van der Waals surface area contributed by atoms with E-state index < -0.39 is 0 Å². The smallest absolute Gasteiger partial charge is 0.454 e. The van der Waals surface area contributed by atoms with E-state index in [0.29, 0.717) is 0 Å². The molecule has 0 saturated carbocycles. The highest BCUT2D eigenvalue weighted by atomic mass is 16.3. The predicted molar refractivity (Wildman–Crippen MR) is 30.5 cm³/mol. The maximum atomic E-state index is 8.51. The first-order chi connectivity index (χ1) is 3.79. The molecule has 0 atom stereocenters. The van der Waals surface area contributed by atoms with E-state index in [9.17, 15) is 0 Å². The summed E-state index contributed by atoms with van der Waals surface area (Å²) in [4.78, 5) is 6.80. The van der Waals surface area contributed by atoms with Gasteiger partial charge in [0.05, 0.1) is 0 Å². The zero-order valence-electron chi connectivity index (χ0n) is 4.07. The van der Waals surface area contributed by atoms with Crippen LogP contribution in [0, 0.1) is 0 Å². The minimum Gasteiger partial charge on any atom is -0.454 e. The Kier molecular flexibility index (Phi) is 0.997. The Morgan fingerprint density at radius 2 is 2.50 bits per heavy atom. The standard InChI is InChI=1S/C4H5N3O/c5-3-1-2-6-4(8)7-3/h1-2H,(H3,5,6,8)/q+1. The van der Waals surface area contributed by atoms with E-state index in [1.807, 2.05) is 0 Å². The summed E-state index contributed by atoms with van der Waals surface area (Å²) >= 11 is 0. The summed E-state index contributed by atoms with van der Waals surface area (Å²) < 4.78 is 0. The lowest BCUT2D eigenvalue weighted by Gasteiger charge is -1.83. The molecule has 41 valence electrons. The fourth-order valence-electron chi connectivity index (χ4n) is 0.362. The van der Waals surface area contributed by atoms with Crippen molar-refractivity contribution in [3.8, 4) is 0 Å². The number of nitrogens with zero attached hydrogens (tertiary/aromatic N) is 2. The second-order valence-corrected chi connectivity index (χ2v) is 1.28. The van der Waals surface area contributed by atoms with Crippen molar-refractivity contribution in [3.63, 3.8) is 0 Å². The predicted octanol–water partition coefficient (Wildman–Crippen LogP) is -0.879.